The summed E-state index contributed by atoms with van der Waals surface area (Å²) in [5.74, 6) is 3.75. The van der Waals surface area contributed by atoms with Crippen LogP contribution in [0.3, 0.4) is 0 Å². The van der Waals surface area contributed by atoms with Crippen molar-refractivity contribution in [2.45, 2.75) is 10.5 Å². The molecule has 9 aliphatic rings. The predicted octanol–water partition coefficient (Wildman–Crippen LogP) is 2.32. The molecule has 9 rings (SSSR count). The number of methoxy groups -OCH3 is 2. The van der Waals surface area contributed by atoms with E-state index in [-0.39, 0.29) is 27.2 Å². The van der Waals surface area contributed by atoms with Crippen LogP contribution in [0.1, 0.15) is 6.42 Å². The average molecular weight is 443 g/mol. The van der Waals surface area contributed by atoms with Gasteiger partial charge in [0, 0.05) is 34.7 Å². The molecule has 0 radical (unpaired) electrons. The molecular formula is C23H22O5S2. The Bertz CT molecular complexity index is 1060. The molecule has 0 aromatic carbocycles. The van der Waals surface area contributed by atoms with E-state index >= 15 is 0 Å². The van der Waals surface area contributed by atoms with Gasteiger partial charge in [-0.3, -0.25) is 4.79 Å². The minimum atomic E-state index is -0.514. The van der Waals surface area contributed by atoms with Crippen LogP contribution in [0, 0.1) is 58.2 Å². The van der Waals surface area contributed by atoms with Crippen molar-refractivity contribution in [3.8, 4) is 0 Å². The molecule has 6 fully saturated rings. The van der Waals surface area contributed by atoms with Crippen molar-refractivity contribution in [2.75, 3.05) is 25.7 Å². The fourth-order valence-corrected chi connectivity index (χ4v) is 15.3. The summed E-state index contributed by atoms with van der Waals surface area (Å²) in [4.78, 5) is 40.4. The molecule has 1 saturated heterocycles. The molecule has 10 atom stereocenters. The Morgan fingerprint density at radius 1 is 0.933 bits per heavy atom. The van der Waals surface area contributed by atoms with Crippen LogP contribution in [-0.2, 0) is 23.9 Å². The van der Waals surface area contributed by atoms with Crippen LogP contribution in [0.5, 0.6) is 0 Å². The molecule has 5 nitrogen and oxygen atoms in total. The van der Waals surface area contributed by atoms with Crippen molar-refractivity contribution in [1.82, 2.24) is 0 Å². The first kappa shape index (κ1) is 17.4. The summed E-state index contributed by atoms with van der Waals surface area (Å²) in [6, 6.07) is 0. The molecule has 4 bridgehead atoms. The third-order valence-electron chi connectivity index (χ3n) is 10.5. The van der Waals surface area contributed by atoms with E-state index in [0.29, 0.717) is 46.5 Å². The van der Waals surface area contributed by atoms with E-state index in [1.165, 1.54) is 20.6 Å². The number of esters is 2. The summed E-state index contributed by atoms with van der Waals surface area (Å²) < 4.78 is 10.4. The highest BCUT2D eigenvalue weighted by molar-refractivity contribution is 8.21. The molecule has 7 heteroatoms. The molecule has 0 unspecified atom stereocenters. The summed E-state index contributed by atoms with van der Waals surface area (Å²) >= 11 is 4.15. The highest BCUT2D eigenvalue weighted by Crippen LogP contribution is 3.01. The molecule has 8 aliphatic carbocycles. The van der Waals surface area contributed by atoms with Gasteiger partial charge in [-0.2, -0.15) is 0 Å². The molecule has 156 valence electrons. The number of thioether (sulfide) groups is 2. The second kappa shape index (κ2) is 4.75. The Kier molecular flexibility index (Phi) is 2.75. The molecule has 0 amide bonds. The summed E-state index contributed by atoms with van der Waals surface area (Å²) in [6.45, 7) is 0. The Labute approximate surface area is 182 Å². The van der Waals surface area contributed by atoms with Crippen LogP contribution in [0.25, 0.3) is 0 Å². The van der Waals surface area contributed by atoms with Gasteiger partial charge in [0.15, 0.2) is 0 Å². The van der Waals surface area contributed by atoms with E-state index in [9.17, 15) is 14.4 Å². The first-order valence-corrected chi connectivity index (χ1v) is 12.9. The van der Waals surface area contributed by atoms with Gasteiger partial charge in [-0.05, 0) is 36.0 Å². The Hall–Kier alpha value is -1.21. The molecule has 1 aliphatic heterocycles. The Balaban J connectivity index is 1.50. The van der Waals surface area contributed by atoms with E-state index in [1.54, 1.807) is 0 Å². The zero-order chi connectivity index (χ0) is 20.4. The van der Waals surface area contributed by atoms with Crippen molar-refractivity contribution >= 4 is 41.2 Å². The van der Waals surface area contributed by atoms with Crippen molar-refractivity contribution in [3.05, 3.63) is 23.3 Å². The maximum absolute atomic E-state index is 14.2. The Morgan fingerprint density at radius 2 is 1.57 bits per heavy atom. The number of hydrogen-bond acceptors (Lipinski definition) is 7. The first-order chi connectivity index (χ1) is 14.5. The van der Waals surface area contributed by atoms with Crippen molar-refractivity contribution < 1.29 is 23.9 Å². The Morgan fingerprint density at radius 3 is 2.23 bits per heavy atom. The highest BCUT2D eigenvalue weighted by Gasteiger charge is 3.02. The van der Waals surface area contributed by atoms with Crippen molar-refractivity contribution in [1.29, 1.82) is 0 Å². The van der Waals surface area contributed by atoms with Crippen LogP contribution in [-0.4, -0.2) is 47.5 Å². The highest BCUT2D eigenvalue weighted by atomic mass is 32.2. The van der Waals surface area contributed by atoms with E-state index in [2.05, 4.69) is 35.7 Å². The van der Waals surface area contributed by atoms with Gasteiger partial charge in [0.25, 0.3) is 0 Å². The van der Waals surface area contributed by atoms with Crippen LogP contribution in [0.15, 0.2) is 23.3 Å². The van der Waals surface area contributed by atoms with Crippen LogP contribution < -0.4 is 0 Å². The van der Waals surface area contributed by atoms with Gasteiger partial charge in [0.2, 0.25) is 0 Å². The largest absolute Gasteiger partial charge is 0.466 e. The second-order valence-electron chi connectivity index (χ2n) is 10.3. The maximum atomic E-state index is 14.2. The minimum Gasteiger partial charge on any atom is -0.466 e. The standard InChI is InChI=1S/C23H22O5S2/c1-27-19(25)13-10-3-4-11(14(13)20(26)28-2)22-17-9-7-8-12(18(24)21(10,22)16(8)17)15(9)23(22)29-5-6-30-23/h3-4,8-12,15-17H,5-7H2,1-2H3/t8-,9+,10-,11+,12-,15-,16-,17-,21+,22+/m1/s1. The lowest BCUT2D eigenvalue weighted by molar-refractivity contribution is -0.222. The van der Waals surface area contributed by atoms with Crippen LogP contribution in [0.4, 0.5) is 0 Å². The molecular weight excluding hydrogens is 420 g/mol. The number of ether oxygens (including phenoxy) is 2. The predicted molar refractivity (Wildman–Crippen MR) is 110 cm³/mol. The van der Waals surface area contributed by atoms with Crippen LogP contribution in [0.2, 0.25) is 0 Å². The molecule has 0 aromatic heterocycles. The van der Waals surface area contributed by atoms with Gasteiger partial charge in [0.05, 0.1) is 34.9 Å². The van der Waals surface area contributed by atoms with E-state index in [1.807, 2.05) is 0 Å². The normalized spacial score (nSPS) is 55.6. The number of Topliss-reactive ketones (excluding diaryl/α,β-unsaturated/α-hetero) is 1. The van der Waals surface area contributed by atoms with E-state index in [0.717, 1.165) is 11.5 Å². The number of hydrogen-bond donors (Lipinski definition) is 0. The third-order valence-corrected chi connectivity index (χ3v) is 14.4. The third kappa shape index (κ3) is 1.18. The number of rotatable bonds is 2. The minimum absolute atomic E-state index is 0.00272. The van der Waals surface area contributed by atoms with Gasteiger partial charge >= 0.3 is 11.9 Å². The SMILES string of the molecule is COC(=O)C1=C(C(=O)OC)[C@@H]2C=C[C@H]1[C@]13C(=O)[C@@H]4[C@H]5C[C@H]6[C@H]4C4(SCCS4)[C@]21[C@H]6[C@@H]53. The fraction of sp³-hybridized carbons (Fsp3) is 0.696. The van der Waals surface area contributed by atoms with Crippen molar-refractivity contribution in [3.63, 3.8) is 0 Å². The molecule has 30 heavy (non-hydrogen) atoms. The fourth-order valence-electron chi connectivity index (χ4n) is 10.8. The summed E-state index contributed by atoms with van der Waals surface area (Å²) in [5, 5.41) is 0. The topological polar surface area (TPSA) is 69.7 Å². The number of fused-ring (bicyclic) bond motifs is 2. The summed E-state index contributed by atoms with van der Waals surface area (Å²) in [7, 11) is 2.75. The number of carbonyl (C=O) groups is 3. The van der Waals surface area contributed by atoms with Crippen molar-refractivity contribution in [2.24, 2.45) is 58.2 Å². The summed E-state index contributed by atoms with van der Waals surface area (Å²) in [6.07, 6.45) is 5.40. The summed E-state index contributed by atoms with van der Waals surface area (Å²) in [5.41, 5.74) is 0.130. The molecule has 3 spiro atoms. The van der Waals surface area contributed by atoms with Gasteiger partial charge < -0.3 is 9.47 Å². The van der Waals surface area contributed by atoms with Crippen LogP contribution >= 0.6 is 23.5 Å². The first-order valence-electron chi connectivity index (χ1n) is 10.9. The zero-order valence-electron chi connectivity index (χ0n) is 16.8. The zero-order valence-corrected chi connectivity index (χ0v) is 18.4. The van der Waals surface area contributed by atoms with Gasteiger partial charge in [-0.1, -0.05) is 12.2 Å². The molecule has 0 N–H and O–H groups in total. The van der Waals surface area contributed by atoms with Gasteiger partial charge in [0.1, 0.15) is 5.78 Å². The number of allylic oxidation sites excluding steroid dienone is 2. The maximum Gasteiger partial charge on any atom is 0.334 e. The number of carbonyl (C=O) groups excluding carboxylic acids is 3. The molecule has 1 heterocycles. The lowest BCUT2D eigenvalue weighted by Crippen LogP contribution is -2.79. The van der Waals surface area contributed by atoms with E-state index < -0.39 is 17.4 Å². The smallest absolute Gasteiger partial charge is 0.334 e. The van der Waals surface area contributed by atoms with Gasteiger partial charge in [-0.25, -0.2) is 9.59 Å². The van der Waals surface area contributed by atoms with Gasteiger partial charge in [-0.15, -0.1) is 23.5 Å². The lowest BCUT2D eigenvalue weighted by Gasteiger charge is -2.76. The monoisotopic (exact) mass is 442 g/mol. The molecule has 5 saturated carbocycles. The quantitative estimate of drug-likeness (QED) is 0.480. The average Bonchev–Trinajstić information content (AvgIpc) is 3.47. The second-order valence-corrected chi connectivity index (χ2v) is 13.2. The number of ketones is 1. The van der Waals surface area contributed by atoms with E-state index in [4.69, 9.17) is 9.47 Å². The lowest BCUT2D eigenvalue weighted by atomic mass is 9.28. The molecule has 0 aromatic rings.